The van der Waals surface area contributed by atoms with Gasteiger partial charge in [0.05, 0.1) is 18.6 Å². The standard InChI is InChI=1S/C13H16O5S/c1-11-6-8-12(9-7-11)19(15,16)18-10-4-3-5-13(14)17-2/h3,5-9H,4,10H2,1-2H3/b5-3-. The van der Waals surface area contributed by atoms with E-state index >= 15 is 0 Å². The zero-order chi connectivity index (χ0) is 14.3. The Bertz CT molecular complexity index is 543. The molecule has 0 aliphatic carbocycles. The van der Waals surface area contributed by atoms with E-state index in [4.69, 9.17) is 4.18 Å². The van der Waals surface area contributed by atoms with Crippen LogP contribution in [0.15, 0.2) is 41.3 Å². The molecule has 0 saturated heterocycles. The molecule has 19 heavy (non-hydrogen) atoms. The molecule has 0 spiro atoms. The van der Waals surface area contributed by atoms with Crippen molar-refractivity contribution in [3.8, 4) is 0 Å². The van der Waals surface area contributed by atoms with E-state index in [2.05, 4.69) is 4.74 Å². The third-order valence-corrected chi connectivity index (χ3v) is 3.61. The van der Waals surface area contributed by atoms with E-state index in [-0.39, 0.29) is 11.5 Å². The van der Waals surface area contributed by atoms with Crippen LogP contribution >= 0.6 is 0 Å². The summed E-state index contributed by atoms with van der Waals surface area (Å²) in [6.07, 6.45) is 3.03. The average molecular weight is 284 g/mol. The van der Waals surface area contributed by atoms with Gasteiger partial charge in [-0.2, -0.15) is 8.42 Å². The van der Waals surface area contributed by atoms with Gasteiger partial charge in [0.15, 0.2) is 0 Å². The lowest BCUT2D eigenvalue weighted by atomic mass is 10.2. The van der Waals surface area contributed by atoms with E-state index in [1.807, 2.05) is 6.92 Å². The molecule has 104 valence electrons. The Labute approximate surface area is 113 Å². The molecule has 0 N–H and O–H groups in total. The smallest absolute Gasteiger partial charge is 0.330 e. The molecule has 5 nitrogen and oxygen atoms in total. The molecule has 1 aromatic rings. The quantitative estimate of drug-likeness (QED) is 0.345. The first-order valence-electron chi connectivity index (χ1n) is 5.66. The topological polar surface area (TPSA) is 69.7 Å². The van der Waals surface area contributed by atoms with Crippen LogP contribution in [0.4, 0.5) is 0 Å². The van der Waals surface area contributed by atoms with Crippen LogP contribution in [0.2, 0.25) is 0 Å². The highest BCUT2D eigenvalue weighted by Crippen LogP contribution is 2.13. The number of carbonyl (C=O) groups is 1. The van der Waals surface area contributed by atoms with Crippen LogP contribution in [0, 0.1) is 6.92 Å². The molecule has 1 aromatic carbocycles. The summed E-state index contributed by atoms with van der Waals surface area (Å²) in [5, 5.41) is 0. The van der Waals surface area contributed by atoms with Crippen LogP contribution in [0.3, 0.4) is 0 Å². The van der Waals surface area contributed by atoms with Gasteiger partial charge in [0.25, 0.3) is 10.1 Å². The minimum Gasteiger partial charge on any atom is -0.466 e. The Hall–Kier alpha value is -1.66. The molecule has 6 heteroatoms. The zero-order valence-electron chi connectivity index (χ0n) is 10.8. The van der Waals surface area contributed by atoms with Gasteiger partial charge in [-0.05, 0) is 25.5 Å². The first-order chi connectivity index (χ1) is 8.95. The summed E-state index contributed by atoms with van der Waals surface area (Å²) in [6.45, 7) is 1.85. The number of benzene rings is 1. The summed E-state index contributed by atoms with van der Waals surface area (Å²) in [7, 11) is -2.46. The van der Waals surface area contributed by atoms with E-state index in [1.54, 1.807) is 12.1 Å². The highest BCUT2D eigenvalue weighted by Gasteiger charge is 2.13. The molecule has 0 saturated carbocycles. The number of carbonyl (C=O) groups excluding carboxylic acids is 1. The number of hydrogen-bond acceptors (Lipinski definition) is 5. The fraction of sp³-hybridized carbons (Fsp3) is 0.308. The van der Waals surface area contributed by atoms with Gasteiger partial charge in [-0.15, -0.1) is 0 Å². The maximum atomic E-state index is 11.8. The number of ether oxygens (including phenoxy) is 1. The van der Waals surface area contributed by atoms with Gasteiger partial charge < -0.3 is 4.74 Å². The van der Waals surface area contributed by atoms with Crippen LogP contribution in [-0.4, -0.2) is 28.1 Å². The number of rotatable bonds is 6. The molecule has 0 heterocycles. The zero-order valence-corrected chi connectivity index (χ0v) is 11.6. The normalized spacial score (nSPS) is 11.7. The van der Waals surface area contributed by atoms with Crippen molar-refractivity contribution in [2.24, 2.45) is 0 Å². The van der Waals surface area contributed by atoms with Crippen LogP contribution in [0.5, 0.6) is 0 Å². The van der Waals surface area contributed by atoms with E-state index < -0.39 is 16.1 Å². The second kappa shape index (κ2) is 7.06. The van der Waals surface area contributed by atoms with Crippen LogP contribution in [0.1, 0.15) is 12.0 Å². The molecule has 0 bridgehead atoms. The average Bonchev–Trinajstić information content (AvgIpc) is 2.38. The molecule has 0 radical (unpaired) electrons. The second-order valence-electron chi connectivity index (χ2n) is 3.80. The van der Waals surface area contributed by atoms with Crippen molar-refractivity contribution in [1.29, 1.82) is 0 Å². The minimum absolute atomic E-state index is 0.0241. The molecule has 0 amide bonds. The van der Waals surface area contributed by atoms with Crippen molar-refractivity contribution in [3.63, 3.8) is 0 Å². The van der Waals surface area contributed by atoms with Gasteiger partial charge in [0.1, 0.15) is 0 Å². The number of hydrogen-bond donors (Lipinski definition) is 0. The summed E-state index contributed by atoms with van der Waals surface area (Å²) in [6, 6.07) is 6.39. The van der Waals surface area contributed by atoms with Crippen molar-refractivity contribution >= 4 is 16.1 Å². The lowest BCUT2D eigenvalue weighted by Gasteiger charge is -2.04. The molecule has 1 rings (SSSR count). The van der Waals surface area contributed by atoms with Gasteiger partial charge in [-0.1, -0.05) is 23.8 Å². The molecular weight excluding hydrogens is 268 g/mol. The van der Waals surface area contributed by atoms with Gasteiger partial charge in [-0.25, -0.2) is 4.79 Å². The van der Waals surface area contributed by atoms with E-state index in [0.29, 0.717) is 6.42 Å². The Balaban J connectivity index is 2.50. The van der Waals surface area contributed by atoms with Gasteiger partial charge >= 0.3 is 5.97 Å². The Kier molecular flexibility index (Phi) is 5.72. The van der Waals surface area contributed by atoms with Crippen molar-refractivity contribution in [2.45, 2.75) is 18.2 Å². The molecule has 0 atom stereocenters. The number of methoxy groups -OCH3 is 1. The maximum Gasteiger partial charge on any atom is 0.330 e. The summed E-state index contributed by atoms with van der Waals surface area (Å²) in [5.41, 5.74) is 0.972. The summed E-state index contributed by atoms with van der Waals surface area (Å²) in [4.78, 5) is 10.9. The van der Waals surface area contributed by atoms with Crippen molar-refractivity contribution in [1.82, 2.24) is 0 Å². The molecular formula is C13H16O5S. The molecule has 0 aromatic heterocycles. The summed E-state index contributed by atoms with van der Waals surface area (Å²) in [5.74, 6) is -0.485. The van der Waals surface area contributed by atoms with Crippen molar-refractivity contribution in [2.75, 3.05) is 13.7 Å². The van der Waals surface area contributed by atoms with Crippen molar-refractivity contribution in [3.05, 3.63) is 42.0 Å². The van der Waals surface area contributed by atoms with Gasteiger partial charge in [0, 0.05) is 6.08 Å². The van der Waals surface area contributed by atoms with E-state index in [9.17, 15) is 13.2 Å². The van der Waals surface area contributed by atoms with Crippen LogP contribution < -0.4 is 0 Å². The SMILES string of the molecule is COC(=O)/C=C\CCOS(=O)(=O)c1ccc(C)cc1. The highest BCUT2D eigenvalue weighted by atomic mass is 32.2. The lowest BCUT2D eigenvalue weighted by molar-refractivity contribution is -0.134. The number of aryl methyl sites for hydroxylation is 1. The predicted octanol–water partition coefficient (Wildman–Crippen LogP) is 1.82. The summed E-state index contributed by atoms with van der Waals surface area (Å²) < 4.78 is 32.8. The van der Waals surface area contributed by atoms with E-state index in [1.165, 1.54) is 31.4 Å². The first-order valence-corrected chi connectivity index (χ1v) is 7.07. The third-order valence-electron chi connectivity index (χ3n) is 2.29. The van der Waals surface area contributed by atoms with Gasteiger partial charge in [0.2, 0.25) is 0 Å². The fourth-order valence-corrected chi connectivity index (χ4v) is 2.17. The summed E-state index contributed by atoms with van der Waals surface area (Å²) >= 11 is 0. The fourth-order valence-electron chi connectivity index (χ4n) is 1.25. The minimum atomic E-state index is -3.73. The monoisotopic (exact) mass is 284 g/mol. The first kappa shape index (κ1) is 15.4. The highest BCUT2D eigenvalue weighted by molar-refractivity contribution is 7.86. The maximum absolute atomic E-state index is 11.8. The van der Waals surface area contributed by atoms with Gasteiger partial charge in [-0.3, -0.25) is 4.18 Å². The predicted molar refractivity (Wildman–Crippen MR) is 70.1 cm³/mol. The largest absolute Gasteiger partial charge is 0.466 e. The molecule has 0 aliphatic heterocycles. The Morgan fingerprint density at radius 2 is 1.89 bits per heavy atom. The lowest BCUT2D eigenvalue weighted by Crippen LogP contribution is -2.07. The number of esters is 1. The molecule has 0 fully saturated rings. The van der Waals surface area contributed by atoms with Crippen LogP contribution in [-0.2, 0) is 23.8 Å². The third kappa shape index (κ3) is 5.23. The Morgan fingerprint density at radius 3 is 2.47 bits per heavy atom. The van der Waals surface area contributed by atoms with Crippen LogP contribution in [0.25, 0.3) is 0 Å². The molecule has 0 aliphatic rings. The molecule has 0 unspecified atom stereocenters. The Morgan fingerprint density at radius 1 is 1.26 bits per heavy atom. The van der Waals surface area contributed by atoms with Crippen molar-refractivity contribution < 1.29 is 22.1 Å². The van der Waals surface area contributed by atoms with E-state index in [0.717, 1.165) is 5.56 Å². The second-order valence-corrected chi connectivity index (χ2v) is 5.42.